The molecular formula is C11H17NO2. The summed E-state index contributed by atoms with van der Waals surface area (Å²) in [6.45, 7) is 6.42. The minimum Gasteiger partial charge on any atom is -0.595 e. The van der Waals surface area contributed by atoms with Gasteiger partial charge in [0, 0.05) is 12.1 Å². The van der Waals surface area contributed by atoms with Crippen LogP contribution in [-0.4, -0.2) is 5.21 Å². The zero-order valence-corrected chi connectivity index (χ0v) is 8.87. The van der Waals surface area contributed by atoms with Gasteiger partial charge in [-0.15, -0.1) is 0 Å². The molecule has 1 rings (SSSR count). The SMILES string of the molecule is CC(C)(C)Cc1cccc([NH+]([O-])O)c1. The molecule has 14 heavy (non-hydrogen) atoms. The van der Waals surface area contributed by atoms with Gasteiger partial charge in [-0.3, -0.25) is 0 Å². The lowest BCUT2D eigenvalue weighted by Crippen LogP contribution is -2.99. The predicted molar refractivity (Wildman–Crippen MR) is 55.4 cm³/mol. The van der Waals surface area contributed by atoms with Gasteiger partial charge in [-0.05, 0) is 17.4 Å². The summed E-state index contributed by atoms with van der Waals surface area (Å²) in [5, 5.41) is 18.7. The third-order valence-electron chi connectivity index (χ3n) is 1.91. The average Bonchev–Trinajstić information content (AvgIpc) is 2.01. The molecule has 3 heteroatoms. The van der Waals surface area contributed by atoms with Crippen molar-refractivity contribution in [3.8, 4) is 0 Å². The molecule has 0 radical (unpaired) electrons. The van der Waals surface area contributed by atoms with E-state index in [2.05, 4.69) is 20.8 Å². The minimum absolute atomic E-state index is 0.192. The van der Waals surface area contributed by atoms with Crippen molar-refractivity contribution in [2.75, 3.05) is 0 Å². The van der Waals surface area contributed by atoms with Gasteiger partial charge in [0.25, 0.3) is 0 Å². The van der Waals surface area contributed by atoms with Crippen molar-refractivity contribution in [3.63, 3.8) is 0 Å². The Bertz CT molecular complexity index is 302. The summed E-state index contributed by atoms with van der Waals surface area (Å²) in [7, 11) is 0. The van der Waals surface area contributed by atoms with E-state index >= 15 is 0 Å². The second-order valence-corrected chi connectivity index (χ2v) is 4.74. The molecule has 78 valence electrons. The smallest absolute Gasteiger partial charge is 0.164 e. The monoisotopic (exact) mass is 195 g/mol. The van der Waals surface area contributed by atoms with E-state index in [4.69, 9.17) is 5.21 Å². The van der Waals surface area contributed by atoms with Gasteiger partial charge in [-0.25, -0.2) is 5.21 Å². The van der Waals surface area contributed by atoms with E-state index in [1.165, 1.54) is 0 Å². The topological polar surface area (TPSA) is 47.7 Å². The number of benzene rings is 1. The van der Waals surface area contributed by atoms with Crippen LogP contribution in [-0.2, 0) is 6.42 Å². The van der Waals surface area contributed by atoms with Gasteiger partial charge in [-0.2, -0.15) is 5.23 Å². The second-order valence-electron chi connectivity index (χ2n) is 4.74. The molecule has 1 unspecified atom stereocenters. The zero-order chi connectivity index (χ0) is 10.8. The largest absolute Gasteiger partial charge is 0.595 e. The maximum absolute atomic E-state index is 10.7. The van der Waals surface area contributed by atoms with Gasteiger partial charge in [0.05, 0.1) is 0 Å². The van der Waals surface area contributed by atoms with Gasteiger partial charge in [0.2, 0.25) is 0 Å². The van der Waals surface area contributed by atoms with E-state index in [1.54, 1.807) is 18.2 Å². The molecule has 1 aromatic carbocycles. The molecule has 0 amide bonds. The van der Waals surface area contributed by atoms with Gasteiger partial charge in [0.15, 0.2) is 5.69 Å². The highest BCUT2D eigenvalue weighted by molar-refractivity contribution is 5.34. The molecular weight excluding hydrogens is 178 g/mol. The lowest BCUT2D eigenvalue weighted by molar-refractivity contribution is -0.991. The van der Waals surface area contributed by atoms with Gasteiger partial charge >= 0.3 is 0 Å². The average molecular weight is 195 g/mol. The van der Waals surface area contributed by atoms with Gasteiger partial charge in [-0.1, -0.05) is 32.9 Å². The summed E-state index contributed by atoms with van der Waals surface area (Å²) < 4.78 is 0. The van der Waals surface area contributed by atoms with Crippen molar-refractivity contribution in [3.05, 3.63) is 35.0 Å². The Morgan fingerprint density at radius 1 is 1.36 bits per heavy atom. The minimum atomic E-state index is -0.860. The van der Waals surface area contributed by atoms with E-state index in [9.17, 15) is 5.21 Å². The molecule has 1 atom stereocenters. The van der Waals surface area contributed by atoms with E-state index in [0.717, 1.165) is 12.0 Å². The van der Waals surface area contributed by atoms with Crippen LogP contribution >= 0.6 is 0 Å². The lowest BCUT2D eigenvalue weighted by Gasteiger charge is -2.19. The highest BCUT2D eigenvalue weighted by atomic mass is 16.8. The molecule has 0 aromatic heterocycles. The van der Waals surface area contributed by atoms with Gasteiger partial charge in [0.1, 0.15) is 0 Å². The van der Waals surface area contributed by atoms with Crippen LogP contribution in [0.4, 0.5) is 5.69 Å². The highest BCUT2D eigenvalue weighted by Gasteiger charge is 2.12. The fourth-order valence-corrected chi connectivity index (χ4v) is 1.43. The first-order valence-corrected chi connectivity index (χ1v) is 4.71. The first kappa shape index (κ1) is 11.2. The summed E-state index contributed by atoms with van der Waals surface area (Å²) in [6, 6.07) is 7.13. The Kier molecular flexibility index (Phi) is 3.26. The first-order chi connectivity index (χ1) is 6.38. The van der Waals surface area contributed by atoms with Gasteiger partial charge < -0.3 is 5.21 Å². The standard InChI is InChI=1S/C11H17NO2/c1-11(2,3)8-9-5-4-6-10(7-9)12(13)14/h4-7,12-13H,8H2,1-3H3. The Labute approximate surface area is 84.5 Å². The number of rotatable bonds is 2. The molecule has 0 aliphatic carbocycles. The van der Waals surface area contributed by atoms with E-state index < -0.39 is 5.23 Å². The summed E-state index contributed by atoms with van der Waals surface area (Å²) in [5.74, 6) is 0. The Morgan fingerprint density at radius 3 is 2.50 bits per heavy atom. The Hall–Kier alpha value is -0.900. The Morgan fingerprint density at radius 2 is 2.00 bits per heavy atom. The van der Waals surface area contributed by atoms with Crippen LogP contribution in [0.3, 0.4) is 0 Å². The van der Waals surface area contributed by atoms with Crippen LogP contribution in [0.25, 0.3) is 0 Å². The van der Waals surface area contributed by atoms with Crippen molar-refractivity contribution >= 4 is 5.69 Å². The van der Waals surface area contributed by atoms with Crippen molar-refractivity contribution < 1.29 is 10.4 Å². The summed E-state index contributed by atoms with van der Waals surface area (Å²) in [5.41, 5.74) is 1.64. The van der Waals surface area contributed by atoms with Crippen LogP contribution < -0.4 is 5.23 Å². The summed E-state index contributed by atoms with van der Waals surface area (Å²) >= 11 is 0. The molecule has 0 aliphatic rings. The lowest BCUT2D eigenvalue weighted by atomic mass is 9.88. The first-order valence-electron chi connectivity index (χ1n) is 4.71. The molecule has 0 saturated carbocycles. The number of hydrogen-bond acceptors (Lipinski definition) is 2. The normalized spacial score (nSPS) is 14.1. The molecule has 0 spiro atoms. The van der Waals surface area contributed by atoms with Crippen LogP contribution in [0.5, 0.6) is 0 Å². The highest BCUT2D eigenvalue weighted by Crippen LogP contribution is 2.21. The third kappa shape index (κ3) is 3.46. The molecule has 0 heterocycles. The molecule has 3 nitrogen and oxygen atoms in total. The van der Waals surface area contributed by atoms with E-state index in [-0.39, 0.29) is 5.41 Å². The van der Waals surface area contributed by atoms with Crippen LogP contribution in [0, 0.1) is 10.6 Å². The van der Waals surface area contributed by atoms with Crippen LogP contribution in [0.2, 0.25) is 0 Å². The van der Waals surface area contributed by atoms with Crippen molar-refractivity contribution in [1.29, 1.82) is 0 Å². The maximum atomic E-state index is 10.7. The van der Waals surface area contributed by atoms with Crippen molar-refractivity contribution in [2.24, 2.45) is 5.41 Å². The summed E-state index contributed by atoms with van der Waals surface area (Å²) in [4.78, 5) is 0. The van der Waals surface area contributed by atoms with Crippen molar-refractivity contribution in [1.82, 2.24) is 0 Å². The Balaban J connectivity index is 2.84. The van der Waals surface area contributed by atoms with Crippen molar-refractivity contribution in [2.45, 2.75) is 27.2 Å². The molecule has 0 fully saturated rings. The van der Waals surface area contributed by atoms with Crippen LogP contribution in [0.15, 0.2) is 24.3 Å². The molecule has 2 N–H and O–H groups in total. The molecule has 0 bridgehead atoms. The maximum Gasteiger partial charge on any atom is 0.164 e. The number of hydrogen-bond donors (Lipinski definition) is 2. The molecule has 0 aliphatic heterocycles. The number of nitrogens with one attached hydrogen (secondary N) is 1. The number of quaternary nitrogens is 1. The summed E-state index contributed by atoms with van der Waals surface area (Å²) in [6.07, 6.45) is 0.897. The van der Waals surface area contributed by atoms with E-state index in [1.807, 2.05) is 6.07 Å². The zero-order valence-electron chi connectivity index (χ0n) is 8.87. The molecule has 1 aromatic rings. The second kappa shape index (κ2) is 4.09. The predicted octanol–water partition coefficient (Wildman–Crippen LogP) is 1.68. The van der Waals surface area contributed by atoms with Crippen LogP contribution in [0.1, 0.15) is 26.3 Å². The fourth-order valence-electron chi connectivity index (χ4n) is 1.43. The quantitative estimate of drug-likeness (QED) is 0.705. The fraction of sp³-hybridized carbons (Fsp3) is 0.455. The third-order valence-corrected chi connectivity index (χ3v) is 1.91. The molecule has 0 saturated heterocycles. The van der Waals surface area contributed by atoms with E-state index in [0.29, 0.717) is 5.69 Å².